The first-order chi connectivity index (χ1) is 20.8. The van der Waals surface area contributed by atoms with Crippen LogP contribution in [0.1, 0.15) is 45.9 Å². The lowest BCUT2D eigenvalue weighted by Gasteiger charge is -2.39. The number of phenols is 10. The molecule has 0 aliphatic carbocycles. The number of benzene rings is 4. The summed E-state index contributed by atoms with van der Waals surface area (Å²) in [6.45, 7) is 0. The third-order valence-electron chi connectivity index (χ3n) is 7.87. The average Bonchev–Trinajstić information content (AvgIpc) is 2.95. The predicted molar refractivity (Wildman–Crippen MR) is 147 cm³/mol. The van der Waals surface area contributed by atoms with Crippen LogP contribution in [0.5, 0.6) is 69.0 Å². The molecule has 0 amide bonds. The number of ether oxygens (including phenoxy) is 2. The lowest BCUT2D eigenvalue weighted by molar-refractivity contribution is 0.00563. The van der Waals surface area contributed by atoms with E-state index >= 15 is 0 Å². The van der Waals surface area contributed by atoms with E-state index in [1.54, 1.807) is 0 Å². The standard InChI is InChI=1S/C30H26O14/c31-11-5-13(32)22-21(6-11)44-30(10-3-17(36)27(41)18(37)4-10)28(42)24(22)23-14(33)8-20-12(25(23)39)7-19(38)29(43-20)9-1-15(34)26(40)16(35)2-9/h1-6,8,19,24,28-42H,7H2/t19-,24-,28-,29-,30-/m1/s1. The Morgan fingerprint density at radius 2 is 1.00 bits per heavy atom. The lowest BCUT2D eigenvalue weighted by atomic mass is 9.77. The van der Waals surface area contributed by atoms with E-state index in [0.717, 1.165) is 42.5 Å². The molecule has 5 atom stereocenters. The molecule has 4 aromatic carbocycles. The van der Waals surface area contributed by atoms with Gasteiger partial charge in [-0.15, -0.1) is 0 Å². The van der Waals surface area contributed by atoms with Crippen LogP contribution in [0.3, 0.4) is 0 Å². The van der Waals surface area contributed by atoms with Gasteiger partial charge in [-0.05, 0) is 24.3 Å². The van der Waals surface area contributed by atoms with Gasteiger partial charge in [-0.2, -0.15) is 0 Å². The molecule has 0 spiro atoms. The number of aliphatic hydroxyl groups is 2. The first kappa shape index (κ1) is 28.5. The number of phenolic OH excluding ortho intramolecular Hbond substituents is 10. The van der Waals surface area contributed by atoms with E-state index in [9.17, 15) is 61.3 Å². The van der Waals surface area contributed by atoms with Crippen molar-refractivity contribution in [2.24, 2.45) is 0 Å². The summed E-state index contributed by atoms with van der Waals surface area (Å²) in [5, 5.41) is 126. The Morgan fingerprint density at radius 3 is 1.57 bits per heavy atom. The molecule has 6 rings (SSSR count). The van der Waals surface area contributed by atoms with Gasteiger partial charge in [0.05, 0.1) is 12.0 Å². The molecule has 4 aromatic rings. The molecule has 0 fully saturated rings. The van der Waals surface area contributed by atoms with Gasteiger partial charge in [0.1, 0.15) is 40.6 Å². The zero-order chi connectivity index (χ0) is 31.8. The second kappa shape index (κ2) is 10.00. The number of fused-ring (bicyclic) bond motifs is 2. The van der Waals surface area contributed by atoms with Crippen LogP contribution in [0.25, 0.3) is 0 Å². The fourth-order valence-electron chi connectivity index (χ4n) is 5.84. The van der Waals surface area contributed by atoms with Gasteiger partial charge in [0, 0.05) is 52.4 Å². The average molecular weight is 611 g/mol. The summed E-state index contributed by atoms with van der Waals surface area (Å²) in [5.74, 6) is -8.47. The Bertz CT molecular complexity index is 1770. The van der Waals surface area contributed by atoms with E-state index in [2.05, 4.69) is 0 Å². The van der Waals surface area contributed by atoms with Crippen LogP contribution < -0.4 is 9.47 Å². The van der Waals surface area contributed by atoms with Crippen molar-refractivity contribution in [1.29, 1.82) is 0 Å². The van der Waals surface area contributed by atoms with E-state index in [1.807, 2.05) is 0 Å². The summed E-state index contributed by atoms with van der Waals surface area (Å²) in [5.41, 5.74) is -0.463. The van der Waals surface area contributed by atoms with Crippen molar-refractivity contribution in [1.82, 2.24) is 0 Å². The monoisotopic (exact) mass is 610 g/mol. The van der Waals surface area contributed by atoms with Gasteiger partial charge < -0.3 is 70.8 Å². The summed E-state index contributed by atoms with van der Waals surface area (Å²) in [6, 6.07) is 7.28. The third kappa shape index (κ3) is 4.35. The number of aromatic hydroxyl groups is 10. The van der Waals surface area contributed by atoms with Gasteiger partial charge in [-0.3, -0.25) is 0 Å². The Morgan fingerprint density at radius 1 is 0.500 bits per heavy atom. The first-order valence-corrected chi connectivity index (χ1v) is 13.1. The molecule has 12 N–H and O–H groups in total. The number of hydrogen-bond acceptors (Lipinski definition) is 14. The summed E-state index contributed by atoms with van der Waals surface area (Å²) in [7, 11) is 0. The fraction of sp³-hybridized carbons (Fsp3) is 0.200. The van der Waals surface area contributed by atoms with E-state index in [4.69, 9.17) is 9.47 Å². The van der Waals surface area contributed by atoms with E-state index in [0.29, 0.717) is 0 Å². The molecule has 0 unspecified atom stereocenters. The van der Waals surface area contributed by atoms with Crippen LogP contribution in [0.4, 0.5) is 0 Å². The fourth-order valence-corrected chi connectivity index (χ4v) is 5.84. The zero-order valence-corrected chi connectivity index (χ0v) is 22.3. The van der Waals surface area contributed by atoms with Crippen molar-refractivity contribution < 1.29 is 70.8 Å². The van der Waals surface area contributed by atoms with Gasteiger partial charge in [0.2, 0.25) is 0 Å². The molecule has 44 heavy (non-hydrogen) atoms. The Labute approximate surface area is 247 Å². The highest BCUT2D eigenvalue weighted by Gasteiger charge is 2.45. The zero-order valence-electron chi connectivity index (χ0n) is 22.3. The van der Waals surface area contributed by atoms with Crippen LogP contribution in [0.2, 0.25) is 0 Å². The smallest absolute Gasteiger partial charge is 0.200 e. The molecule has 14 heteroatoms. The minimum Gasteiger partial charge on any atom is -0.508 e. The molecular weight excluding hydrogens is 584 g/mol. The maximum Gasteiger partial charge on any atom is 0.200 e. The summed E-state index contributed by atoms with van der Waals surface area (Å²) in [6.07, 6.45) is -6.10. The van der Waals surface area contributed by atoms with Crippen LogP contribution in [-0.4, -0.2) is 73.5 Å². The Hall–Kier alpha value is -5.60. The molecular formula is C30H26O14. The van der Waals surface area contributed by atoms with Crippen molar-refractivity contribution in [2.75, 3.05) is 0 Å². The van der Waals surface area contributed by atoms with Gasteiger partial charge in [0.15, 0.2) is 46.7 Å². The quantitative estimate of drug-likeness (QED) is 0.149. The van der Waals surface area contributed by atoms with Crippen LogP contribution >= 0.6 is 0 Å². The number of aliphatic hydroxyl groups excluding tert-OH is 2. The highest BCUT2D eigenvalue weighted by atomic mass is 16.5. The number of rotatable bonds is 3. The Kier molecular flexibility index (Phi) is 6.48. The summed E-state index contributed by atoms with van der Waals surface area (Å²) in [4.78, 5) is 0. The molecule has 2 heterocycles. The molecule has 2 aliphatic heterocycles. The Balaban J connectivity index is 1.48. The van der Waals surface area contributed by atoms with Crippen LogP contribution in [0.15, 0.2) is 42.5 Å². The number of hydrogen-bond donors (Lipinski definition) is 12. The molecule has 0 bridgehead atoms. The topological polar surface area (TPSA) is 261 Å². The maximum atomic E-state index is 11.6. The SMILES string of the molecule is Oc1cc(O)c2c(c1)O[C@H](c1cc(O)c(O)c(O)c1)[C@H](O)[C@H]2c1c(O)cc2c(c1O)C[C@@H](O)[C@@H](c1cc(O)c(O)c(O)c1)O2. The van der Waals surface area contributed by atoms with Crippen molar-refractivity contribution >= 4 is 0 Å². The molecule has 0 saturated heterocycles. The van der Waals surface area contributed by atoms with E-state index in [-0.39, 0.29) is 45.7 Å². The van der Waals surface area contributed by atoms with Crippen molar-refractivity contribution in [3.8, 4) is 69.0 Å². The second-order valence-corrected chi connectivity index (χ2v) is 10.6. The highest BCUT2D eigenvalue weighted by Crippen LogP contribution is 2.57. The van der Waals surface area contributed by atoms with Crippen LogP contribution in [-0.2, 0) is 6.42 Å². The normalized spacial score (nSPS) is 22.4. The molecule has 0 saturated carbocycles. The van der Waals surface area contributed by atoms with Gasteiger partial charge in [-0.1, -0.05) is 0 Å². The maximum absolute atomic E-state index is 11.6. The molecule has 14 nitrogen and oxygen atoms in total. The summed E-state index contributed by atoms with van der Waals surface area (Å²) >= 11 is 0. The van der Waals surface area contributed by atoms with Gasteiger partial charge >= 0.3 is 0 Å². The molecule has 230 valence electrons. The van der Waals surface area contributed by atoms with Crippen molar-refractivity contribution in [2.45, 2.75) is 36.8 Å². The third-order valence-corrected chi connectivity index (χ3v) is 7.87. The van der Waals surface area contributed by atoms with Crippen molar-refractivity contribution in [3.63, 3.8) is 0 Å². The second-order valence-electron chi connectivity index (χ2n) is 10.6. The minimum absolute atomic E-state index is 0.0104. The van der Waals surface area contributed by atoms with E-state index in [1.165, 1.54) is 0 Å². The highest BCUT2D eigenvalue weighted by molar-refractivity contribution is 5.66. The molecule has 2 aliphatic rings. The molecule has 0 radical (unpaired) electrons. The predicted octanol–water partition coefficient (Wildman–Crippen LogP) is 2.41. The minimum atomic E-state index is -1.75. The van der Waals surface area contributed by atoms with Crippen molar-refractivity contribution in [3.05, 3.63) is 70.3 Å². The van der Waals surface area contributed by atoms with E-state index < -0.39 is 87.8 Å². The first-order valence-electron chi connectivity index (χ1n) is 13.1. The summed E-state index contributed by atoms with van der Waals surface area (Å²) < 4.78 is 11.7. The van der Waals surface area contributed by atoms with Crippen LogP contribution in [0, 0.1) is 0 Å². The largest absolute Gasteiger partial charge is 0.508 e. The van der Waals surface area contributed by atoms with Gasteiger partial charge in [0.25, 0.3) is 0 Å². The molecule has 0 aromatic heterocycles. The van der Waals surface area contributed by atoms with Gasteiger partial charge in [-0.25, -0.2) is 0 Å². The lowest BCUT2D eigenvalue weighted by Crippen LogP contribution is -2.35.